The predicted octanol–water partition coefficient (Wildman–Crippen LogP) is 2.31. The molecule has 0 N–H and O–H groups in total. The van der Waals surface area contributed by atoms with Crippen molar-refractivity contribution in [2.75, 3.05) is 26.2 Å². The van der Waals surface area contributed by atoms with Crippen LogP contribution in [0.15, 0.2) is 24.7 Å². The molecule has 0 bridgehead atoms. The minimum absolute atomic E-state index is 0.0626. The molecule has 4 rings (SSSR count). The molecule has 1 atom stereocenters. The average Bonchev–Trinajstić information content (AvgIpc) is 3.36. The van der Waals surface area contributed by atoms with Crippen LogP contribution in [0.5, 0.6) is 0 Å². The number of hydrogen-bond donors (Lipinski definition) is 0. The Morgan fingerprint density at radius 1 is 1.32 bits per heavy atom. The summed E-state index contributed by atoms with van der Waals surface area (Å²) in [6.07, 6.45) is 8.98. The third-order valence-corrected chi connectivity index (χ3v) is 5.51. The van der Waals surface area contributed by atoms with Gasteiger partial charge in [-0.1, -0.05) is 13.8 Å². The molecule has 1 unspecified atom stereocenters. The van der Waals surface area contributed by atoms with Crippen molar-refractivity contribution in [2.45, 2.75) is 39.2 Å². The van der Waals surface area contributed by atoms with Crippen LogP contribution in [0.2, 0.25) is 0 Å². The molecule has 6 heteroatoms. The summed E-state index contributed by atoms with van der Waals surface area (Å²) >= 11 is 0. The molecule has 0 radical (unpaired) electrons. The van der Waals surface area contributed by atoms with Crippen molar-refractivity contribution in [3.63, 3.8) is 0 Å². The van der Waals surface area contributed by atoms with Gasteiger partial charge in [0.25, 0.3) is 5.91 Å². The smallest absolute Gasteiger partial charge is 0.259 e. The fourth-order valence-electron chi connectivity index (χ4n) is 3.89. The van der Waals surface area contributed by atoms with E-state index in [1.54, 1.807) is 16.9 Å². The molecule has 1 saturated carbocycles. The Labute approximate surface area is 148 Å². The molecule has 0 aromatic carbocycles. The SMILES string of the molecule is CC(C)C1CN(C(=O)c2cnn3cccnc23)CCCN1CC1CC1. The second kappa shape index (κ2) is 6.75. The Morgan fingerprint density at radius 3 is 2.92 bits per heavy atom. The van der Waals surface area contributed by atoms with Crippen molar-refractivity contribution >= 4 is 11.6 Å². The van der Waals surface area contributed by atoms with E-state index in [0.717, 1.165) is 32.0 Å². The zero-order valence-corrected chi connectivity index (χ0v) is 15.1. The van der Waals surface area contributed by atoms with E-state index < -0.39 is 0 Å². The number of amides is 1. The predicted molar refractivity (Wildman–Crippen MR) is 96.4 cm³/mol. The number of rotatable bonds is 4. The third-order valence-electron chi connectivity index (χ3n) is 5.51. The highest BCUT2D eigenvalue weighted by atomic mass is 16.2. The summed E-state index contributed by atoms with van der Waals surface area (Å²) in [5, 5.41) is 4.27. The summed E-state index contributed by atoms with van der Waals surface area (Å²) in [5.41, 5.74) is 1.26. The summed E-state index contributed by atoms with van der Waals surface area (Å²) in [6, 6.07) is 2.26. The van der Waals surface area contributed by atoms with Gasteiger partial charge in [-0.25, -0.2) is 9.50 Å². The third kappa shape index (κ3) is 3.40. The van der Waals surface area contributed by atoms with Crippen molar-refractivity contribution in [1.29, 1.82) is 0 Å². The summed E-state index contributed by atoms with van der Waals surface area (Å²) < 4.78 is 1.67. The summed E-state index contributed by atoms with van der Waals surface area (Å²) in [7, 11) is 0. The first-order valence-electron chi connectivity index (χ1n) is 9.45. The van der Waals surface area contributed by atoms with Crippen LogP contribution >= 0.6 is 0 Å². The summed E-state index contributed by atoms with van der Waals surface area (Å²) in [4.78, 5) is 22.1. The Balaban J connectivity index is 1.55. The highest BCUT2D eigenvalue weighted by Crippen LogP contribution is 2.32. The van der Waals surface area contributed by atoms with Gasteiger partial charge in [0.15, 0.2) is 5.65 Å². The second-order valence-corrected chi connectivity index (χ2v) is 7.80. The van der Waals surface area contributed by atoms with Crippen molar-refractivity contribution in [1.82, 2.24) is 24.4 Å². The van der Waals surface area contributed by atoms with Crippen LogP contribution in [-0.4, -0.2) is 62.5 Å². The number of hydrogen-bond acceptors (Lipinski definition) is 4. The highest BCUT2D eigenvalue weighted by Gasteiger charge is 2.34. The Hall–Kier alpha value is -1.95. The van der Waals surface area contributed by atoms with Crippen LogP contribution in [0.3, 0.4) is 0 Å². The quantitative estimate of drug-likeness (QED) is 0.856. The first-order chi connectivity index (χ1) is 12.1. The lowest BCUT2D eigenvalue weighted by molar-refractivity contribution is 0.0706. The van der Waals surface area contributed by atoms with Gasteiger partial charge >= 0.3 is 0 Å². The lowest BCUT2D eigenvalue weighted by Crippen LogP contribution is -2.46. The summed E-state index contributed by atoms with van der Waals surface area (Å²) in [6.45, 7) is 8.45. The first kappa shape index (κ1) is 16.5. The molecular weight excluding hydrogens is 314 g/mol. The molecule has 2 aliphatic rings. The van der Waals surface area contributed by atoms with Gasteiger partial charge in [0.1, 0.15) is 5.56 Å². The zero-order chi connectivity index (χ0) is 17.4. The molecule has 2 aromatic rings. The van der Waals surface area contributed by atoms with E-state index in [1.807, 2.05) is 17.2 Å². The number of fused-ring (bicyclic) bond motifs is 1. The van der Waals surface area contributed by atoms with E-state index in [9.17, 15) is 4.79 Å². The van der Waals surface area contributed by atoms with Crippen LogP contribution in [0, 0.1) is 11.8 Å². The van der Waals surface area contributed by atoms with E-state index in [2.05, 4.69) is 28.8 Å². The molecule has 1 aliphatic carbocycles. The van der Waals surface area contributed by atoms with E-state index in [0.29, 0.717) is 23.2 Å². The number of carbonyl (C=O) groups is 1. The molecule has 25 heavy (non-hydrogen) atoms. The fourth-order valence-corrected chi connectivity index (χ4v) is 3.89. The Kier molecular flexibility index (Phi) is 4.46. The minimum atomic E-state index is 0.0626. The van der Waals surface area contributed by atoms with Crippen LogP contribution in [0.4, 0.5) is 0 Å². The van der Waals surface area contributed by atoms with Crippen LogP contribution in [-0.2, 0) is 0 Å². The lowest BCUT2D eigenvalue weighted by Gasteiger charge is -2.34. The Morgan fingerprint density at radius 2 is 2.16 bits per heavy atom. The lowest BCUT2D eigenvalue weighted by atomic mass is 10.0. The van der Waals surface area contributed by atoms with E-state index in [1.165, 1.54) is 19.4 Å². The maximum absolute atomic E-state index is 13.2. The molecule has 6 nitrogen and oxygen atoms in total. The van der Waals surface area contributed by atoms with Crippen molar-refractivity contribution in [3.05, 3.63) is 30.2 Å². The largest absolute Gasteiger partial charge is 0.337 e. The van der Waals surface area contributed by atoms with Crippen molar-refractivity contribution in [2.24, 2.45) is 11.8 Å². The first-order valence-corrected chi connectivity index (χ1v) is 9.45. The molecule has 2 aromatic heterocycles. The molecule has 1 aliphatic heterocycles. The maximum atomic E-state index is 13.2. The Bertz CT molecular complexity index is 751. The standard InChI is InChI=1S/C19H27N5O/c1-14(2)17-13-23(9-4-8-22(17)12-15-5-6-15)19(25)16-11-21-24-10-3-7-20-18(16)24/h3,7,10-11,14-15,17H,4-6,8-9,12-13H2,1-2H3. The van der Waals surface area contributed by atoms with Crippen molar-refractivity contribution < 1.29 is 4.79 Å². The van der Waals surface area contributed by atoms with Gasteiger partial charge in [-0.2, -0.15) is 5.10 Å². The zero-order valence-electron chi connectivity index (χ0n) is 15.1. The molecule has 1 saturated heterocycles. The van der Waals surface area contributed by atoms with Gasteiger partial charge in [-0.15, -0.1) is 0 Å². The minimum Gasteiger partial charge on any atom is -0.337 e. The van der Waals surface area contributed by atoms with Gasteiger partial charge in [0.2, 0.25) is 0 Å². The van der Waals surface area contributed by atoms with Crippen LogP contribution in [0.25, 0.3) is 5.65 Å². The maximum Gasteiger partial charge on any atom is 0.259 e. The van der Waals surface area contributed by atoms with Crippen LogP contribution < -0.4 is 0 Å². The molecule has 134 valence electrons. The molecule has 3 heterocycles. The van der Waals surface area contributed by atoms with Gasteiger partial charge < -0.3 is 4.90 Å². The highest BCUT2D eigenvalue weighted by molar-refractivity contribution is 5.99. The molecule has 1 amide bonds. The fraction of sp³-hybridized carbons (Fsp3) is 0.632. The van der Waals surface area contributed by atoms with Crippen molar-refractivity contribution in [3.8, 4) is 0 Å². The average molecular weight is 341 g/mol. The monoisotopic (exact) mass is 341 g/mol. The van der Waals surface area contributed by atoms with Crippen LogP contribution in [0.1, 0.15) is 43.5 Å². The van der Waals surface area contributed by atoms with E-state index in [4.69, 9.17) is 0 Å². The molecule has 2 fully saturated rings. The summed E-state index contributed by atoms with van der Waals surface area (Å²) in [5.74, 6) is 1.48. The normalized spacial score (nSPS) is 22.5. The van der Waals surface area contributed by atoms with Gasteiger partial charge in [0.05, 0.1) is 6.20 Å². The van der Waals surface area contributed by atoms with Gasteiger partial charge in [-0.05, 0) is 37.2 Å². The second-order valence-electron chi connectivity index (χ2n) is 7.80. The molecule has 0 spiro atoms. The van der Waals surface area contributed by atoms with Gasteiger partial charge in [-0.3, -0.25) is 9.69 Å². The van der Waals surface area contributed by atoms with E-state index >= 15 is 0 Å². The number of aromatic nitrogens is 3. The van der Waals surface area contributed by atoms with E-state index in [-0.39, 0.29) is 5.91 Å². The topological polar surface area (TPSA) is 53.7 Å². The molecular formula is C19H27N5O. The number of carbonyl (C=O) groups excluding carboxylic acids is 1. The van der Waals surface area contributed by atoms with Gasteiger partial charge in [0, 0.05) is 44.6 Å². The number of nitrogens with zero attached hydrogens (tertiary/aromatic N) is 5.